The molecule has 9 nitrogen and oxygen atoms in total. The third-order valence-electron chi connectivity index (χ3n) is 11.9. The molecule has 6 aliphatic rings. The summed E-state index contributed by atoms with van der Waals surface area (Å²) in [5.74, 6) is -1.06. The van der Waals surface area contributed by atoms with Crippen LogP contribution in [0.1, 0.15) is 84.3 Å². The number of furan rings is 1. The molecule has 220 valence electrons. The Bertz CT molecular complexity index is 1300. The van der Waals surface area contributed by atoms with Gasteiger partial charge in [0.2, 0.25) is 0 Å². The van der Waals surface area contributed by atoms with Crippen LogP contribution in [0, 0.1) is 11.3 Å². The van der Waals surface area contributed by atoms with E-state index in [4.69, 9.17) is 32.9 Å². The summed E-state index contributed by atoms with van der Waals surface area (Å²) >= 11 is 0. The zero-order valence-corrected chi connectivity index (χ0v) is 25.8. The minimum absolute atomic E-state index is 0.00943. The van der Waals surface area contributed by atoms with Gasteiger partial charge < -0.3 is 32.9 Å². The van der Waals surface area contributed by atoms with Gasteiger partial charge in [-0.05, 0) is 49.2 Å². The summed E-state index contributed by atoms with van der Waals surface area (Å²) in [5.41, 5.74) is 0.260. The summed E-state index contributed by atoms with van der Waals surface area (Å²) in [6.07, 6.45) is 3.31. The first-order valence-electron chi connectivity index (χ1n) is 14.8. The molecule has 9 atom stereocenters. The minimum Gasteiger partial charge on any atom is -0.481 e. The molecule has 5 fully saturated rings. The van der Waals surface area contributed by atoms with Crippen molar-refractivity contribution < 1.29 is 42.5 Å². The van der Waals surface area contributed by atoms with Crippen LogP contribution in [0.3, 0.4) is 0 Å². The highest BCUT2D eigenvalue weighted by Crippen LogP contribution is 2.84. The lowest BCUT2D eigenvalue weighted by Gasteiger charge is -2.55. The van der Waals surface area contributed by atoms with E-state index in [9.17, 15) is 9.59 Å². The molecule has 0 amide bonds. The molecule has 0 aromatic carbocycles. The van der Waals surface area contributed by atoms with Gasteiger partial charge in [0.15, 0.2) is 13.9 Å². The standard InChI is InChI=1S/C30H42O9Si/c1-15(2)28-22(37-28)23-30(38-23)27(6)12-11-16-17(14-34-24(16)35-21(33)10-9-20(31)32)18(27)13-19-29(30,36-19)25(28)39-40(7,8)26(3,4)5/h14-15,18-19,22-23,25H,9-13H2,1-8H3,(H,31,32)/t18-,19-,22-,23-,25?,27-,28-,29+,30+/m0/s1. The fourth-order valence-electron chi connectivity index (χ4n) is 8.60. The number of carbonyl (C=O) groups excluding carboxylic acids is 1. The molecule has 2 saturated carbocycles. The quantitative estimate of drug-likeness (QED) is 0.273. The van der Waals surface area contributed by atoms with Crippen LogP contribution >= 0.6 is 0 Å². The molecule has 1 N–H and O–H groups in total. The van der Waals surface area contributed by atoms with E-state index >= 15 is 0 Å². The van der Waals surface area contributed by atoms with Crippen LogP contribution in [-0.2, 0) is 34.6 Å². The van der Waals surface area contributed by atoms with Crippen LogP contribution in [-0.4, -0.2) is 66.6 Å². The first-order chi connectivity index (χ1) is 18.6. The highest BCUT2D eigenvalue weighted by atomic mass is 28.4. The number of rotatable bonds is 7. The number of hydrogen-bond acceptors (Lipinski definition) is 8. The molecule has 3 saturated heterocycles. The van der Waals surface area contributed by atoms with E-state index in [0.29, 0.717) is 6.42 Å². The second-order valence-electron chi connectivity index (χ2n) is 15.0. The monoisotopic (exact) mass is 574 g/mol. The Hall–Kier alpha value is -1.72. The number of ether oxygens (including phenoxy) is 4. The summed E-state index contributed by atoms with van der Waals surface area (Å²) in [7, 11) is -2.18. The first-order valence-corrected chi connectivity index (χ1v) is 17.7. The molecule has 2 spiro atoms. The maximum atomic E-state index is 12.3. The number of aliphatic carboxylic acids is 1. The van der Waals surface area contributed by atoms with Crippen molar-refractivity contribution in [3.05, 3.63) is 17.4 Å². The second kappa shape index (κ2) is 7.81. The molecule has 3 aliphatic carbocycles. The van der Waals surface area contributed by atoms with Crippen LogP contribution in [0.4, 0.5) is 0 Å². The van der Waals surface area contributed by atoms with E-state index in [2.05, 4.69) is 54.6 Å². The van der Waals surface area contributed by atoms with Crippen molar-refractivity contribution in [3.8, 4) is 5.95 Å². The lowest BCUT2D eigenvalue weighted by molar-refractivity contribution is -0.142. The van der Waals surface area contributed by atoms with Gasteiger partial charge in [0, 0.05) is 16.5 Å². The predicted molar refractivity (Wildman–Crippen MR) is 145 cm³/mol. The zero-order valence-electron chi connectivity index (χ0n) is 24.8. The summed E-state index contributed by atoms with van der Waals surface area (Å²) in [5, 5.41) is 8.95. The Balaban J connectivity index is 1.24. The SMILES string of the molecule is CC(C)[C@]12O[C@H]1[C@@H]1O[C@@]13[C@@]1(C)CCc4c(coc4OC(=O)CCC(=O)O)[C@@H]1C[C@@H]1O[C@@]13C2O[Si](C)(C)C(C)(C)C. The molecule has 1 unspecified atom stereocenters. The van der Waals surface area contributed by atoms with Gasteiger partial charge in [-0.15, -0.1) is 0 Å². The molecule has 0 radical (unpaired) electrons. The molecule has 0 bridgehead atoms. The second-order valence-corrected chi connectivity index (χ2v) is 19.8. The zero-order chi connectivity index (χ0) is 28.8. The van der Waals surface area contributed by atoms with Crippen LogP contribution in [0.5, 0.6) is 5.95 Å². The van der Waals surface area contributed by atoms with Gasteiger partial charge in [0.25, 0.3) is 5.95 Å². The number of esters is 1. The van der Waals surface area contributed by atoms with Gasteiger partial charge in [-0.2, -0.15) is 0 Å². The van der Waals surface area contributed by atoms with Crippen molar-refractivity contribution in [2.75, 3.05) is 0 Å². The average molecular weight is 575 g/mol. The average Bonchev–Trinajstić information content (AvgIpc) is 3.75. The molecule has 10 heteroatoms. The maximum Gasteiger partial charge on any atom is 0.314 e. The fourth-order valence-corrected chi connectivity index (χ4v) is 9.90. The molecule has 7 rings (SSSR count). The Morgan fingerprint density at radius 2 is 1.88 bits per heavy atom. The van der Waals surface area contributed by atoms with Gasteiger partial charge in [0.05, 0.1) is 25.2 Å². The first kappa shape index (κ1) is 27.1. The molecule has 3 aliphatic heterocycles. The van der Waals surface area contributed by atoms with Crippen LogP contribution in [0.2, 0.25) is 18.1 Å². The third-order valence-corrected chi connectivity index (χ3v) is 16.3. The predicted octanol–water partition coefficient (Wildman–Crippen LogP) is 4.96. The molecule has 1 aromatic heterocycles. The Morgan fingerprint density at radius 3 is 2.52 bits per heavy atom. The van der Waals surface area contributed by atoms with Crippen molar-refractivity contribution in [3.63, 3.8) is 0 Å². The maximum absolute atomic E-state index is 12.3. The number of fused-ring (bicyclic) bond motifs is 5. The van der Waals surface area contributed by atoms with Crippen LogP contribution < -0.4 is 4.74 Å². The van der Waals surface area contributed by atoms with Gasteiger partial charge in [-0.3, -0.25) is 9.59 Å². The fraction of sp³-hybridized carbons (Fsp3) is 0.800. The number of hydrogen-bond donors (Lipinski definition) is 1. The van der Waals surface area contributed by atoms with Crippen molar-refractivity contribution in [1.82, 2.24) is 0 Å². The lowest BCUT2D eigenvalue weighted by atomic mass is 9.47. The number of carboxylic acids is 1. The number of carbonyl (C=O) groups is 2. The molecular formula is C30H42O9Si. The van der Waals surface area contributed by atoms with E-state index in [1.54, 1.807) is 6.26 Å². The molecule has 40 heavy (non-hydrogen) atoms. The van der Waals surface area contributed by atoms with E-state index in [-0.39, 0.29) is 65.5 Å². The highest BCUT2D eigenvalue weighted by Gasteiger charge is 3.00. The van der Waals surface area contributed by atoms with Gasteiger partial charge >= 0.3 is 11.9 Å². The van der Waals surface area contributed by atoms with E-state index in [1.807, 2.05) is 0 Å². The normalized spacial score (nSPS) is 43.9. The molecule has 1 aromatic rings. The van der Waals surface area contributed by atoms with Crippen molar-refractivity contribution >= 4 is 20.3 Å². The summed E-state index contributed by atoms with van der Waals surface area (Å²) in [6, 6.07) is 0. The Morgan fingerprint density at radius 1 is 1.15 bits per heavy atom. The van der Waals surface area contributed by atoms with Crippen LogP contribution in [0.15, 0.2) is 10.7 Å². The van der Waals surface area contributed by atoms with E-state index < -0.39 is 37.1 Å². The van der Waals surface area contributed by atoms with Gasteiger partial charge in [-0.1, -0.05) is 41.5 Å². The highest BCUT2D eigenvalue weighted by molar-refractivity contribution is 6.74. The van der Waals surface area contributed by atoms with Gasteiger partial charge in [0.1, 0.15) is 29.5 Å². The Kier molecular flexibility index (Phi) is 5.29. The molecule has 4 heterocycles. The van der Waals surface area contributed by atoms with Crippen molar-refractivity contribution in [2.45, 2.75) is 139 Å². The lowest BCUT2D eigenvalue weighted by Crippen LogP contribution is -2.70. The van der Waals surface area contributed by atoms with Crippen LogP contribution in [0.25, 0.3) is 0 Å². The smallest absolute Gasteiger partial charge is 0.314 e. The largest absolute Gasteiger partial charge is 0.481 e. The number of carboxylic acid groups (broad SMARTS) is 1. The van der Waals surface area contributed by atoms with Crippen molar-refractivity contribution in [1.29, 1.82) is 0 Å². The topological polar surface area (TPSA) is 124 Å². The van der Waals surface area contributed by atoms with E-state index in [1.165, 1.54) is 0 Å². The summed E-state index contributed by atoms with van der Waals surface area (Å²) in [6.45, 7) is 18.2. The Labute approximate surface area is 236 Å². The third kappa shape index (κ3) is 3.07. The van der Waals surface area contributed by atoms with E-state index in [0.717, 1.165) is 24.0 Å². The van der Waals surface area contributed by atoms with Gasteiger partial charge in [-0.25, -0.2) is 0 Å². The number of epoxide rings is 3. The summed E-state index contributed by atoms with van der Waals surface area (Å²) in [4.78, 5) is 23.2. The molecular weight excluding hydrogens is 532 g/mol. The minimum atomic E-state index is -2.18. The van der Waals surface area contributed by atoms with Crippen molar-refractivity contribution in [2.24, 2.45) is 11.3 Å². The summed E-state index contributed by atoms with van der Waals surface area (Å²) < 4.78 is 39.1.